The molecule has 0 saturated heterocycles. The lowest BCUT2D eigenvalue weighted by Crippen LogP contribution is -2.20. The van der Waals surface area contributed by atoms with Crippen molar-refractivity contribution in [2.75, 3.05) is 0 Å². The van der Waals surface area contributed by atoms with E-state index in [9.17, 15) is 4.91 Å². The van der Waals surface area contributed by atoms with Gasteiger partial charge in [0.05, 0.1) is 0 Å². The van der Waals surface area contributed by atoms with Gasteiger partial charge in [-0.1, -0.05) is 0 Å². The van der Waals surface area contributed by atoms with Gasteiger partial charge in [-0.25, -0.2) is 0 Å². The van der Waals surface area contributed by atoms with Gasteiger partial charge in [0.15, 0.2) is 5.96 Å². The van der Waals surface area contributed by atoms with Crippen LogP contribution in [-0.2, 0) is 0 Å². The lowest BCUT2D eigenvalue weighted by molar-refractivity contribution is 1.04. The van der Waals surface area contributed by atoms with E-state index in [0.717, 1.165) is 0 Å². The van der Waals surface area contributed by atoms with Crippen molar-refractivity contribution in [1.82, 2.24) is 0 Å². The fourth-order valence-corrected chi connectivity index (χ4v) is 0.0760. The molecule has 0 aromatic heterocycles. The average molecular weight is 154 g/mol. The van der Waals surface area contributed by atoms with Gasteiger partial charge < -0.3 is 11.5 Å². The highest BCUT2D eigenvalue weighted by Gasteiger charge is 1.99. The molecule has 0 amide bonds. The number of nitriles is 2. The summed E-state index contributed by atoms with van der Waals surface area (Å²) in [6, 6.07) is 1.39. The van der Waals surface area contributed by atoms with Gasteiger partial charge in [0.2, 0.25) is 0 Å². The molecule has 0 aromatic rings. The van der Waals surface area contributed by atoms with Crippen LogP contribution in [0.2, 0.25) is 0 Å². The number of nitrogens with two attached hydrogens (primary N) is 2. The summed E-state index contributed by atoms with van der Waals surface area (Å²) in [4.78, 5) is 9.27. The Balaban J connectivity index is 0. The molecule has 0 aliphatic heterocycles. The second kappa shape index (κ2) is 7.85. The van der Waals surface area contributed by atoms with Crippen LogP contribution < -0.4 is 11.5 Å². The molecular weight excluding hydrogens is 148 g/mol. The molecule has 0 atom stereocenters. The highest BCUT2D eigenvalue weighted by atomic mass is 16.3. The highest BCUT2D eigenvalue weighted by Crippen LogP contribution is 1.80. The molecule has 0 bridgehead atoms. The number of nitrogens with one attached hydrogen (secondary N) is 1. The SMILES string of the molecule is N#CC(C#N)N=O.N=C(N)N. The molecule has 0 fully saturated rings. The summed E-state index contributed by atoms with van der Waals surface area (Å²) < 4.78 is 0. The van der Waals surface area contributed by atoms with Gasteiger partial charge in [-0.05, 0) is 5.18 Å². The van der Waals surface area contributed by atoms with E-state index >= 15 is 0 Å². The van der Waals surface area contributed by atoms with Crippen LogP contribution in [0.3, 0.4) is 0 Å². The second-order valence-corrected chi connectivity index (χ2v) is 1.22. The summed E-state index contributed by atoms with van der Waals surface area (Å²) in [5.74, 6) is -0.333. The fraction of sp³-hybridized carbons (Fsp3) is 0.250. The molecule has 11 heavy (non-hydrogen) atoms. The Morgan fingerprint density at radius 2 is 1.73 bits per heavy atom. The molecule has 0 saturated carbocycles. The van der Waals surface area contributed by atoms with E-state index in [1.165, 1.54) is 12.1 Å². The zero-order valence-electron chi connectivity index (χ0n) is 5.48. The largest absolute Gasteiger partial charge is 0.370 e. The summed E-state index contributed by atoms with van der Waals surface area (Å²) in [6.07, 6.45) is 0. The first kappa shape index (κ1) is 11.6. The third-order valence-electron chi connectivity index (χ3n) is 0.350. The number of hydrogen-bond donors (Lipinski definition) is 3. The van der Waals surface area contributed by atoms with Crippen LogP contribution in [0, 0.1) is 33.0 Å². The molecule has 0 aromatic carbocycles. The summed E-state index contributed by atoms with van der Waals surface area (Å²) in [5, 5.41) is 23.7. The Morgan fingerprint density at radius 1 is 1.45 bits per heavy atom. The van der Waals surface area contributed by atoms with Crippen molar-refractivity contribution in [2.24, 2.45) is 16.6 Å². The van der Waals surface area contributed by atoms with Crippen molar-refractivity contribution in [3.05, 3.63) is 4.91 Å². The van der Waals surface area contributed by atoms with Crippen LogP contribution in [0.5, 0.6) is 0 Å². The average Bonchev–Trinajstić information content (AvgIpc) is 1.90. The van der Waals surface area contributed by atoms with Gasteiger partial charge in [0, 0.05) is 0 Å². The van der Waals surface area contributed by atoms with Crippen LogP contribution in [0.15, 0.2) is 5.18 Å². The zero-order valence-corrected chi connectivity index (χ0v) is 5.48. The van der Waals surface area contributed by atoms with E-state index in [4.69, 9.17) is 15.9 Å². The molecule has 0 rings (SSSR count). The summed E-state index contributed by atoms with van der Waals surface area (Å²) in [6.45, 7) is 0. The Hall–Kier alpha value is -2.15. The minimum atomic E-state index is -1.33. The van der Waals surface area contributed by atoms with Crippen molar-refractivity contribution in [1.29, 1.82) is 15.9 Å². The molecule has 0 heterocycles. The molecule has 0 aliphatic carbocycles. The maximum absolute atomic E-state index is 9.27. The fourth-order valence-electron chi connectivity index (χ4n) is 0.0760. The third-order valence-corrected chi connectivity index (χ3v) is 0.350. The predicted molar refractivity (Wildman–Crippen MR) is 36.9 cm³/mol. The third kappa shape index (κ3) is 18.1. The molecular formula is C4H6N6O. The van der Waals surface area contributed by atoms with Crippen molar-refractivity contribution in [3.63, 3.8) is 0 Å². The molecule has 7 nitrogen and oxygen atoms in total. The Labute approximate surface area is 62.7 Å². The van der Waals surface area contributed by atoms with Crippen molar-refractivity contribution < 1.29 is 0 Å². The summed E-state index contributed by atoms with van der Waals surface area (Å²) >= 11 is 0. The molecule has 0 unspecified atom stereocenters. The number of guanidine groups is 1. The highest BCUT2D eigenvalue weighted by molar-refractivity contribution is 5.71. The molecule has 0 spiro atoms. The minimum Gasteiger partial charge on any atom is -0.370 e. The van der Waals surface area contributed by atoms with E-state index < -0.39 is 6.04 Å². The van der Waals surface area contributed by atoms with Crippen LogP contribution in [0.25, 0.3) is 0 Å². The Morgan fingerprint density at radius 3 is 1.73 bits per heavy atom. The zero-order chi connectivity index (χ0) is 9.28. The van der Waals surface area contributed by atoms with Gasteiger partial charge in [0.1, 0.15) is 12.1 Å². The van der Waals surface area contributed by atoms with Crippen molar-refractivity contribution in [3.8, 4) is 12.1 Å². The molecule has 0 aliphatic rings. The first-order valence-electron chi connectivity index (χ1n) is 2.29. The molecule has 0 radical (unpaired) electrons. The van der Waals surface area contributed by atoms with E-state index in [-0.39, 0.29) is 5.96 Å². The molecule has 7 heteroatoms. The first-order valence-corrected chi connectivity index (χ1v) is 2.29. The van der Waals surface area contributed by atoms with E-state index in [2.05, 4.69) is 16.6 Å². The summed E-state index contributed by atoms with van der Waals surface area (Å²) in [5.41, 5.74) is 8.94. The topological polar surface area (TPSA) is 153 Å². The van der Waals surface area contributed by atoms with Gasteiger partial charge in [-0.2, -0.15) is 10.5 Å². The lowest BCUT2D eigenvalue weighted by Gasteiger charge is -1.72. The standard InChI is InChI=1S/C3HN3O.CH5N3/c4-1-3(2-5)6-7;2-1(3)4/h3H;(H5,2,3,4). The monoisotopic (exact) mass is 154 g/mol. The quantitative estimate of drug-likeness (QED) is 0.251. The van der Waals surface area contributed by atoms with E-state index in [1.54, 1.807) is 0 Å². The Kier molecular flexibility index (Phi) is 8.29. The second-order valence-electron chi connectivity index (χ2n) is 1.22. The normalized spacial score (nSPS) is 6.45. The van der Waals surface area contributed by atoms with Crippen molar-refractivity contribution in [2.45, 2.75) is 6.04 Å². The van der Waals surface area contributed by atoms with Gasteiger partial charge in [-0.3, -0.25) is 5.41 Å². The van der Waals surface area contributed by atoms with Gasteiger partial charge >= 0.3 is 0 Å². The van der Waals surface area contributed by atoms with E-state index in [1.807, 2.05) is 0 Å². The van der Waals surface area contributed by atoms with Crippen LogP contribution in [-0.4, -0.2) is 12.0 Å². The number of nitrogens with zero attached hydrogens (tertiary/aromatic N) is 3. The summed E-state index contributed by atoms with van der Waals surface area (Å²) in [7, 11) is 0. The van der Waals surface area contributed by atoms with Crippen LogP contribution >= 0.6 is 0 Å². The maximum atomic E-state index is 9.27. The van der Waals surface area contributed by atoms with Crippen molar-refractivity contribution >= 4 is 5.96 Å². The number of hydrogen-bond acceptors (Lipinski definition) is 5. The minimum absolute atomic E-state index is 0.333. The number of nitroso groups, excluding NO2 is 1. The molecule has 5 N–H and O–H groups in total. The van der Waals surface area contributed by atoms with Gasteiger partial charge in [0.25, 0.3) is 6.04 Å². The van der Waals surface area contributed by atoms with Gasteiger partial charge in [-0.15, -0.1) is 4.91 Å². The maximum Gasteiger partial charge on any atom is 0.262 e. The number of rotatable bonds is 1. The van der Waals surface area contributed by atoms with Crippen LogP contribution in [0.4, 0.5) is 0 Å². The van der Waals surface area contributed by atoms with E-state index in [0.29, 0.717) is 0 Å². The lowest BCUT2D eigenvalue weighted by atomic mass is 10.4. The van der Waals surface area contributed by atoms with Crippen LogP contribution in [0.1, 0.15) is 0 Å². The Bertz CT molecular complexity index is 192. The smallest absolute Gasteiger partial charge is 0.262 e. The predicted octanol–water partition coefficient (Wildman–Crippen LogP) is -0.993. The first-order chi connectivity index (χ1) is 5.08. The molecule has 58 valence electrons.